The molecule has 96 valence electrons. The monoisotopic (exact) mass is 240 g/mol. The van der Waals surface area contributed by atoms with Crippen molar-refractivity contribution in [3.05, 3.63) is 18.2 Å². The lowest BCUT2D eigenvalue weighted by molar-refractivity contribution is 0.0524. The molecule has 0 radical (unpaired) electrons. The maximum atomic E-state index is 11.4. The molecule has 0 aliphatic rings. The zero-order valence-corrected chi connectivity index (χ0v) is 10.7. The van der Waals surface area contributed by atoms with Gasteiger partial charge < -0.3 is 20.4 Å². The number of ether oxygens (including phenoxy) is 1. The number of hydrogen-bond acceptors (Lipinski definition) is 4. The van der Waals surface area contributed by atoms with Crippen molar-refractivity contribution in [1.29, 1.82) is 0 Å². The Morgan fingerprint density at radius 1 is 1.65 bits per heavy atom. The summed E-state index contributed by atoms with van der Waals surface area (Å²) in [6, 6.07) is -0.296. The number of aryl methyl sites for hydroxylation is 1. The van der Waals surface area contributed by atoms with Crippen LogP contribution in [0.5, 0.6) is 0 Å². The summed E-state index contributed by atoms with van der Waals surface area (Å²) in [6.07, 6.45) is 2.89. The highest BCUT2D eigenvalue weighted by atomic mass is 16.6. The first kappa shape index (κ1) is 13.5. The zero-order valence-electron chi connectivity index (χ0n) is 10.7. The molecule has 1 aromatic heterocycles. The normalized spacial score (nSPS) is 13.2. The van der Waals surface area contributed by atoms with Gasteiger partial charge in [0.1, 0.15) is 5.60 Å². The Labute approximate surface area is 101 Å². The van der Waals surface area contributed by atoms with Crippen LogP contribution in [0.15, 0.2) is 12.5 Å². The Hall–Kier alpha value is -1.56. The van der Waals surface area contributed by atoms with E-state index >= 15 is 0 Å². The van der Waals surface area contributed by atoms with E-state index in [2.05, 4.69) is 10.3 Å². The number of alkyl carbamates (subject to hydrolysis) is 1. The topological polar surface area (TPSA) is 82.2 Å². The van der Waals surface area contributed by atoms with E-state index in [-0.39, 0.29) is 6.04 Å². The molecule has 1 amide bonds. The first-order valence-corrected chi connectivity index (χ1v) is 5.48. The SMILES string of the molecule is Cn1cncc1C(N)CNC(=O)OC(C)(C)C. The Morgan fingerprint density at radius 2 is 2.29 bits per heavy atom. The number of imidazole rings is 1. The molecule has 0 fully saturated rings. The molecule has 0 bridgehead atoms. The summed E-state index contributed by atoms with van der Waals surface area (Å²) in [7, 11) is 1.86. The van der Waals surface area contributed by atoms with Crippen LogP contribution in [0.2, 0.25) is 0 Å². The summed E-state index contributed by atoms with van der Waals surface area (Å²) in [5.74, 6) is 0. The lowest BCUT2D eigenvalue weighted by Crippen LogP contribution is -2.37. The van der Waals surface area contributed by atoms with Crippen LogP contribution in [0.1, 0.15) is 32.5 Å². The molecule has 1 rings (SSSR count). The summed E-state index contributed by atoms with van der Waals surface area (Å²) >= 11 is 0. The van der Waals surface area contributed by atoms with Crippen molar-refractivity contribution < 1.29 is 9.53 Å². The third-order valence-corrected chi connectivity index (χ3v) is 2.10. The fraction of sp³-hybridized carbons (Fsp3) is 0.636. The molecular weight excluding hydrogens is 220 g/mol. The van der Waals surface area contributed by atoms with Crippen LogP contribution >= 0.6 is 0 Å². The summed E-state index contributed by atoms with van der Waals surface area (Å²) in [5.41, 5.74) is 6.28. The number of carbonyl (C=O) groups is 1. The van der Waals surface area contributed by atoms with Gasteiger partial charge in [-0.15, -0.1) is 0 Å². The maximum Gasteiger partial charge on any atom is 0.407 e. The number of nitrogens with one attached hydrogen (secondary N) is 1. The van der Waals surface area contributed by atoms with Crippen molar-refractivity contribution in [1.82, 2.24) is 14.9 Å². The fourth-order valence-electron chi connectivity index (χ4n) is 1.34. The van der Waals surface area contributed by atoms with Crippen LogP contribution in [-0.2, 0) is 11.8 Å². The van der Waals surface area contributed by atoms with Crippen LogP contribution in [-0.4, -0.2) is 27.8 Å². The summed E-state index contributed by atoms with van der Waals surface area (Å²) in [5, 5.41) is 2.63. The van der Waals surface area contributed by atoms with Gasteiger partial charge in [-0.1, -0.05) is 0 Å². The van der Waals surface area contributed by atoms with Gasteiger partial charge >= 0.3 is 6.09 Å². The number of aromatic nitrogens is 2. The minimum Gasteiger partial charge on any atom is -0.444 e. The van der Waals surface area contributed by atoms with E-state index < -0.39 is 11.7 Å². The van der Waals surface area contributed by atoms with Gasteiger partial charge in [0, 0.05) is 19.8 Å². The molecule has 1 unspecified atom stereocenters. The first-order chi connectivity index (χ1) is 7.79. The fourth-order valence-corrected chi connectivity index (χ4v) is 1.34. The lowest BCUT2D eigenvalue weighted by atomic mass is 10.2. The van der Waals surface area contributed by atoms with Gasteiger partial charge in [-0.3, -0.25) is 0 Å². The third kappa shape index (κ3) is 4.44. The van der Waals surface area contributed by atoms with Gasteiger partial charge in [0.05, 0.1) is 18.1 Å². The van der Waals surface area contributed by atoms with Crippen LogP contribution in [0.4, 0.5) is 4.79 Å². The molecule has 0 aromatic carbocycles. The smallest absolute Gasteiger partial charge is 0.407 e. The predicted octanol–water partition coefficient (Wildman–Crippen LogP) is 0.945. The Morgan fingerprint density at radius 3 is 2.76 bits per heavy atom. The molecule has 0 saturated heterocycles. The summed E-state index contributed by atoms with van der Waals surface area (Å²) < 4.78 is 6.93. The average Bonchev–Trinajstić information content (AvgIpc) is 2.58. The summed E-state index contributed by atoms with van der Waals surface area (Å²) in [6.45, 7) is 5.75. The Bertz CT molecular complexity index is 381. The quantitative estimate of drug-likeness (QED) is 0.824. The molecule has 17 heavy (non-hydrogen) atoms. The van der Waals surface area contributed by atoms with Gasteiger partial charge in [-0.2, -0.15) is 0 Å². The largest absolute Gasteiger partial charge is 0.444 e. The second-order valence-electron chi connectivity index (χ2n) is 4.92. The minimum absolute atomic E-state index is 0.296. The summed E-state index contributed by atoms with van der Waals surface area (Å²) in [4.78, 5) is 15.4. The van der Waals surface area contributed by atoms with E-state index in [1.54, 1.807) is 12.5 Å². The first-order valence-electron chi connectivity index (χ1n) is 5.48. The molecule has 1 heterocycles. The lowest BCUT2D eigenvalue weighted by Gasteiger charge is -2.20. The Balaban J connectivity index is 2.41. The van der Waals surface area contributed by atoms with Crippen molar-refractivity contribution in [2.24, 2.45) is 12.8 Å². The van der Waals surface area contributed by atoms with Crippen LogP contribution < -0.4 is 11.1 Å². The predicted molar refractivity (Wildman–Crippen MR) is 64.4 cm³/mol. The number of rotatable bonds is 3. The van der Waals surface area contributed by atoms with Crippen molar-refractivity contribution in [2.45, 2.75) is 32.4 Å². The molecule has 1 atom stereocenters. The van der Waals surface area contributed by atoms with Crippen molar-refractivity contribution in [2.75, 3.05) is 6.54 Å². The second-order valence-corrected chi connectivity index (χ2v) is 4.92. The number of hydrogen-bond donors (Lipinski definition) is 2. The minimum atomic E-state index is -0.499. The van der Waals surface area contributed by atoms with Crippen LogP contribution in [0.3, 0.4) is 0 Å². The van der Waals surface area contributed by atoms with E-state index in [1.807, 2.05) is 32.4 Å². The van der Waals surface area contributed by atoms with Gasteiger partial charge in [0.15, 0.2) is 0 Å². The van der Waals surface area contributed by atoms with Gasteiger partial charge in [-0.25, -0.2) is 9.78 Å². The number of carbonyl (C=O) groups excluding carboxylic acids is 1. The van der Waals surface area contributed by atoms with Crippen molar-refractivity contribution >= 4 is 6.09 Å². The average molecular weight is 240 g/mol. The maximum absolute atomic E-state index is 11.4. The van der Waals surface area contributed by atoms with E-state index in [4.69, 9.17) is 10.5 Å². The molecule has 1 aromatic rings. The molecule has 0 aliphatic carbocycles. The standard InChI is InChI=1S/C11H20N4O2/c1-11(2,3)17-10(16)14-5-8(12)9-6-13-7-15(9)4/h6-8H,5,12H2,1-4H3,(H,14,16). The molecule has 0 spiro atoms. The van der Waals surface area contributed by atoms with Crippen LogP contribution in [0, 0.1) is 0 Å². The highest BCUT2D eigenvalue weighted by molar-refractivity contribution is 5.67. The molecule has 0 aliphatic heterocycles. The second kappa shape index (κ2) is 5.18. The van der Waals surface area contributed by atoms with Crippen LogP contribution in [0.25, 0.3) is 0 Å². The number of nitrogens with two attached hydrogens (primary N) is 1. The van der Waals surface area contributed by atoms with Crippen molar-refractivity contribution in [3.63, 3.8) is 0 Å². The van der Waals surface area contributed by atoms with E-state index in [0.717, 1.165) is 5.69 Å². The third-order valence-electron chi connectivity index (χ3n) is 2.10. The van der Waals surface area contributed by atoms with Gasteiger partial charge in [0.25, 0.3) is 0 Å². The van der Waals surface area contributed by atoms with E-state index in [9.17, 15) is 4.79 Å². The molecular formula is C11H20N4O2. The molecule has 0 saturated carbocycles. The molecule has 6 heteroatoms. The van der Waals surface area contributed by atoms with Crippen molar-refractivity contribution in [3.8, 4) is 0 Å². The Kier molecular flexibility index (Phi) is 4.11. The van der Waals surface area contributed by atoms with Gasteiger partial charge in [-0.05, 0) is 20.8 Å². The van der Waals surface area contributed by atoms with Gasteiger partial charge in [0.2, 0.25) is 0 Å². The molecule has 3 N–H and O–H groups in total. The molecule has 6 nitrogen and oxygen atoms in total. The number of amides is 1. The number of nitrogens with zero attached hydrogens (tertiary/aromatic N) is 2. The highest BCUT2D eigenvalue weighted by Gasteiger charge is 2.17. The van der Waals surface area contributed by atoms with E-state index in [0.29, 0.717) is 6.54 Å². The highest BCUT2D eigenvalue weighted by Crippen LogP contribution is 2.09. The van der Waals surface area contributed by atoms with E-state index in [1.165, 1.54) is 0 Å². The zero-order chi connectivity index (χ0) is 13.1.